The molecule has 0 atom stereocenters. The minimum atomic E-state index is 0.00736. The zero-order chi connectivity index (χ0) is 26.2. The maximum atomic E-state index is 11.4. The zero-order valence-electron chi connectivity index (χ0n) is 21.2. The summed E-state index contributed by atoms with van der Waals surface area (Å²) in [5.74, 6) is 0.0851. The van der Waals surface area contributed by atoms with Gasteiger partial charge in [-0.15, -0.1) is 0 Å². The van der Waals surface area contributed by atoms with E-state index in [1.807, 2.05) is 82.4 Å². The van der Waals surface area contributed by atoms with Gasteiger partial charge in [-0.05, 0) is 60.4 Å². The molecular formula is C31H35NO3. The molecular weight excluding hydrogens is 434 g/mol. The average Bonchev–Trinajstić information content (AvgIpc) is 2.90. The SMILES string of the molecule is C=C/C=C\C=C(/C)c1ccc(C=O)c(O)c1.CC.CNc1cc(-c2ccccc2)ccc1C(C)=O. The van der Waals surface area contributed by atoms with E-state index in [9.17, 15) is 14.7 Å². The first-order chi connectivity index (χ1) is 16.9. The molecule has 0 radical (unpaired) electrons. The number of anilines is 1. The van der Waals surface area contributed by atoms with Gasteiger partial charge in [0.15, 0.2) is 12.1 Å². The van der Waals surface area contributed by atoms with Crippen molar-refractivity contribution in [2.24, 2.45) is 0 Å². The Morgan fingerprint density at radius 3 is 2.14 bits per heavy atom. The number of carbonyl (C=O) groups is 2. The smallest absolute Gasteiger partial charge is 0.161 e. The Kier molecular flexibility index (Phi) is 12.9. The number of hydrogen-bond acceptors (Lipinski definition) is 4. The topological polar surface area (TPSA) is 66.4 Å². The second-order valence-electron chi connectivity index (χ2n) is 7.29. The van der Waals surface area contributed by atoms with E-state index in [-0.39, 0.29) is 11.5 Å². The predicted molar refractivity (Wildman–Crippen MR) is 149 cm³/mol. The molecule has 0 bridgehead atoms. The third-order valence-electron chi connectivity index (χ3n) is 4.98. The molecule has 3 rings (SSSR count). The number of rotatable bonds is 7. The van der Waals surface area contributed by atoms with Gasteiger partial charge in [0.1, 0.15) is 5.75 Å². The van der Waals surface area contributed by atoms with Gasteiger partial charge in [-0.1, -0.05) is 87.2 Å². The van der Waals surface area contributed by atoms with Crippen LogP contribution in [0.15, 0.2) is 97.6 Å². The normalized spacial score (nSPS) is 10.4. The number of allylic oxidation sites excluding steroid dienone is 5. The molecule has 0 saturated heterocycles. The molecule has 2 N–H and O–H groups in total. The van der Waals surface area contributed by atoms with Gasteiger partial charge >= 0.3 is 0 Å². The highest BCUT2D eigenvalue weighted by Crippen LogP contribution is 2.26. The minimum Gasteiger partial charge on any atom is -0.507 e. The number of hydrogen-bond donors (Lipinski definition) is 2. The van der Waals surface area contributed by atoms with E-state index < -0.39 is 0 Å². The molecule has 0 amide bonds. The Labute approximate surface area is 209 Å². The quantitative estimate of drug-likeness (QED) is 0.209. The summed E-state index contributed by atoms with van der Waals surface area (Å²) in [5.41, 5.74) is 6.06. The van der Waals surface area contributed by atoms with Gasteiger partial charge in [0.05, 0.1) is 5.56 Å². The molecule has 0 spiro atoms. The standard InChI is InChI=1S/C15H15NO.C14H14O2.C2H6/c1-11(17)14-9-8-13(10-15(14)16-2)12-6-4-3-5-7-12;1-3-4-5-6-11(2)12-7-8-13(10-15)14(16)9-12;1-2/h3-10,16H,1-2H3;3-10,16H,1H2,2H3;1-2H3/b;5-4-,11-6+;. The van der Waals surface area contributed by atoms with Gasteiger partial charge in [0.2, 0.25) is 0 Å². The molecule has 4 nitrogen and oxygen atoms in total. The fourth-order valence-corrected chi connectivity index (χ4v) is 3.13. The van der Waals surface area contributed by atoms with Crippen molar-refractivity contribution in [3.63, 3.8) is 0 Å². The van der Waals surface area contributed by atoms with E-state index in [1.165, 1.54) is 0 Å². The van der Waals surface area contributed by atoms with Gasteiger partial charge < -0.3 is 10.4 Å². The molecule has 182 valence electrons. The number of ketones is 1. The molecule has 0 aliphatic rings. The fourth-order valence-electron chi connectivity index (χ4n) is 3.13. The first-order valence-electron chi connectivity index (χ1n) is 11.5. The zero-order valence-corrected chi connectivity index (χ0v) is 21.2. The van der Waals surface area contributed by atoms with Crippen molar-refractivity contribution in [2.75, 3.05) is 12.4 Å². The highest BCUT2D eigenvalue weighted by atomic mass is 16.3. The summed E-state index contributed by atoms with van der Waals surface area (Å²) in [6.45, 7) is 11.1. The van der Waals surface area contributed by atoms with Crippen molar-refractivity contribution < 1.29 is 14.7 Å². The first kappa shape index (κ1) is 28.9. The molecule has 3 aromatic carbocycles. The van der Waals surface area contributed by atoms with Crippen molar-refractivity contribution in [3.8, 4) is 16.9 Å². The third-order valence-corrected chi connectivity index (χ3v) is 4.98. The van der Waals surface area contributed by atoms with E-state index in [0.29, 0.717) is 11.8 Å². The third kappa shape index (κ3) is 8.94. The number of aldehydes is 1. The number of benzene rings is 3. The van der Waals surface area contributed by atoms with Crippen LogP contribution in [-0.4, -0.2) is 24.2 Å². The lowest BCUT2D eigenvalue weighted by atomic mass is 10.0. The highest BCUT2D eigenvalue weighted by Gasteiger charge is 2.07. The molecule has 3 aromatic rings. The monoisotopic (exact) mass is 469 g/mol. The van der Waals surface area contributed by atoms with Crippen molar-refractivity contribution >= 4 is 23.3 Å². The van der Waals surface area contributed by atoms with Crippen LogP contribution < -0.4 is 5.32 Å². The molecule has 0 unspecified atom stereocenters. The van der Waals surface area contributed by atoms with E-state index in [2.05, 4.69) is 24.0 Å². The van der Waals surface area contributed by atoms with Gasteiger partial charge in [-0.3, -0.25) is 9.59 Å². The Bertz CT molecular complexity index is 1180. The molecule has 0 aliphatic heterocycles. The number of phenols is 1. The minimum absolute atomic E-state index is 0.00736. The molecule has 4 heteroatoms. The summed E-state index contributed by atoms with van der Waals surface area (Å²) in [6, 6.07) is 21.0. The summed E-state index contributed by atoms with van der Waals surface area (Å²) in [7, 11) is 1.83. The summed E-state index contributed by atoms with van der Waals surface area (Å²) >= 11 is 0. The Balaban J connectivity index is 0.000000328. The number of aromatic hydroxyl groups is 1. The van der Waals surface area contributed by atoms with Crippen LogP contribution in [-0.2, 0) is 0 Å². The van der Waals surface area contributed by atoms with Gasteiger partial charge in [0, 0.05) is 18.3 Å². The van der Waals surface area contributed by atoms with Crippen molar-refractivity contribution in [1.82, 2.24) is 0 Å². The van der Waals surface area contributed by atoms with Crippen LogP contribution in [0.2, 0.25) is 0 Å². The Hall–Kier alpha value is -4.18. The van der Waals surface area contributed by atoms with Crippen LogP contribution in [0.25, 0.3) is 16.7 Å². The molecule has 0 heterocycles. The first-order valence-corrected chi connectivity index (χ1v) is 11.5. The van der Waals surface area contributed by atoms with Crippen molar-refractivity contribution in [3.05, 3.63) is 114 Å². The van der Waals surface area contributed by atoms with E-state index >= 15 is 0 Å². The lowest BCUT2D eigenvalue weighted by Gasteiger charge is -2.09. The fraction of sp³-hybridized carbons (Fsp3) is 0.161. The van der Waals surface area contributed by atoms with E-state index in [0.717, 1.165) is 33.5 Å². The molecule has 0 fully saturated rings. The molecule has 0 aromatic heterocycles. The van der Waals surface area contributed by atoms with Crippen molar-refractivity contribution in [1.29, 1.82) is 0 Å². The van der Waals surface area contributed by atoms with Crippen LogP contribution in [0, 0.1) is 0 Å². The molecule has 0 saturated carbocycles. The van der Waals surface area contributed by atoms with Crippen LogP contribution in [0.5, 0.6) is 5.75 Å². The average molecular weight is 470 g/mol. The maximum absolute atomic E-state index is 11.4. The predicted octanol–water partition coefficient (Wildman–Crippen LogP) is 7.97. The van der Waals surface area contributed by atoms with Crippen molar-refractivity contribution in [2.45, 2.75) is 27.7 Å². The Morgan fingerprint density at radius 2 is 1.60 bits per heavy atom. The number of Topliss-reactive ketones (excluding diaryl/α,β-unsaturated/α-hetero) is 1. The largest absolute Gasteiger partial charge is 0.507 e. The van der Waals surface area contributed by atoms with Crippen LogP contribution in [0.1, 0.15) is 54.0 Å². The number of carbonyl (C=O) groups excluding carboxylic acids is 2. The molecule has 35 heavy (non-hydrogen) atoms. The van der Waals surface area contributed by atoms with Gasteiger partial charge in [-0.2, -0.15) is 0 Å². The number of phenolic OH excluding ortho intramolecular Hbond substituents is 1. The lowest BCUT2D eigenvalue weighted by Crippen LogP contribution is -2.00. The van der Waals surface area contributed by atoms with Gasteiger partial charge in [0.25, 0.3) is 0 Å². The summed E-state index contributed by atoms with van der Waals surface area (Å²) in [6.07, 6.45) is 7.93. The second kappa shape index (κ2) is 15.6. The highest BCUT2D eigenvalue weighted by molar-refractivity contribution is 6.00. The van der Waals surface area contributed by atoms with Crippen LogP contribution in [0.4, 0.5) is 5.69 Å². The Morgan fingerprint density at radius 1 is 0.914 bits per heavy atom. The number of nitrogens with one attached hydrogen (secondary N) is 1. The van der Waals surface area contributed by atoms with Crippen LogP contribution in [0.3, 0.4) is 0 Å². The summed E-state index contributed by atoms with van der Waals surface area (Å²) in [5, 5.41) is 12.6. The molecule has 0 aliphatic carbocycles. The maximum Gasteiger partial charge on any atom is 0.161 e. The second-order valence-corrected chi connectivity index (χ2v) is 7.29. The summed E-state index contributed by atoms with van der Waals surface area (Å²) in [4.78, 5) is 22.0. The van der Waals surface area contributed by atoms with E-state index in [1.54, 1.807) is 31.2 Å². The summed E-state index contributed by atoms with van der Waals surface area (Å²) < 4.78 is 0. The van der Waals surface area contributed by atoms with Crippen LogP contribution >= 0.6 is 0 Å². The van der Waals surface area contributed by atoms with E-state index in [4.69, 9.17) is 0 Å². The lowest BCUT2D eigenvalue weighted by molar-refractivity contribution is 0.101. The van der Waals surface area contributed by atoms with Gasteiger partial charge in [-0.25, -0.2) is 0 Å².